The SMILES string of the molecule is CCOC(C)C(=O)NCCc1cccc(C(=O)O)c1. The topological polar surface area (TPSA) is 75.6 Å². The first kappa shape index (κ1) is 15.2. The van der Waals surface area contributed by atoms with Crippen LogP contribution in [-0.2, 0) is 16.0 Å². The molecule has 5 nitrogen and oxygen atoms in total. The molecule has 1 unspecified atom stereocenters. The van der Waals surface area contributed by atoms with Crippen LogP contribution >= 0.6 is 0 Å². The van der Waals surface area contributed by atoms with Gasteiger partial charge < -0.3 is 15.2 Å². The zero-order valence-corrected chi connectivity index (χ0v) is 11.2. The van der Waals surface area contributed by atoms with Gasteiger partial charge in [-0.1, -0.05) is 12.1 Å². The van der Waals surface area contributed by atoms with E-state index in [0.29, 0.717) is 19.6 Å². The Hall–Kier alpha value is -1.88. The predicted molar refractivity (Wildman–Crippen MR) is 71.2 cm³/mol. The number of amides is 1. The van der Waals surface area contributed by atoms with Crippen molar-refractivity contribution in [3.8, 4) is 0 Å². The van der Waals surface area contributed by atoms with Gasteiger partial charge in [-0.05, 0) is 38.0 Å². The maximum atomic E-state index is 11.6. The summed E-state index contributed by atoms with van der Waals surface area (Å²) in [5.74, 6) is -1.10. The van der Waals surface area contributed by atoms with Crippen molar-refractivity contribution in [3.63, 3.8) is 0 Å². The van der Waals surface area contributed by atoms with E-state index in [2.05, 4.69) is 5.32 Å². The number of rotatable bonds is 7. The summed E-state index contributed by atoms with van der Waals surface area (Å²) in [5, 5.41) is 11.6. The van der Waals surface area contributed by atoms with E-state index in [4.69, 9.17) is 9.84 Å². The molecule has 1 rings (SSSR count). The molecule has 0 saturated heterocycles. The molecule has 0 fully saturated rings. The van der Waals surface area contributed by atoms with Crippen LogP contribution in [-0.4, -0.2) is 36.2 Å². The molecule has 5 heteroatoms. The number of carboxylic acids is 1. The predicted octanol–water partition coefficient (Wildman–Crippen LogP) is 1.47. The summed E-state index contributed by atoms with van der Waals surface area (Å²) in [5.41, 5.74) is 1.13. The van der Waals surface area contributed by atoms with Gasteiger partial charge in [0, 0.05) is 13.2 Å². The molecule has 1 amide bonds. The molecule has 0 aliphatic carbocycles. The largest absolute Gasteiger partial charge is 0.478 e. The summed E-state index contributed by atoms with van der Waals surface area (Å²) in [6.45, 7) is 4.49. The standard InChI is InChI=1S/C14H19NO4/c1-3-19-10(2)13(16)15-8-7-11-5-4-6-12(9-11)14(17)18/h4-6,9-10H,3,7-8H2,1-2H3,(H,15,16)(H,17,18). The van der Waals surface area contributed by atoms with E-state index in [9.17, 15) is 9.59 Å². The van der Waals surface area contributed by atoms with E-state index in [-0.39, 0.29) is 11.5 Å². The van der Waals surface area contributed by atoms with Crippen molar-refractivity contribution in [3.05, 3.63) is 35.4 Å². The van der Waals surface area contributed by atoms with Crippen LogP contribution in [0.2, 0.25) is 0 Å². The third-order valence-electron chi connectivity index (χ3n) is 2.67. The highest BCUT2D eigenvalue weighted by Gasteiger charge is 2.11. The van der Waals surface area contributed by atoms with Crippen molar-refractivity contribution in [2.45, 2.75) is 26.4 Å². The fourth-order valence-corrected chi connectivity index (χ4v) is 1.66. The summed E-state index contributed by atoms with van der Waals surface area (Å²) in [6, 6.07) is 6.69. The average molecular weight is 265 g/mol. The molecular weight excluding hydrogens is 246 g/mol. The van der Waals surface area contributed by atoms with E-state index in [1.165, 1.54) is 0 Å². The lowest BCUT2D eigenvalue weighted by atomic mass is 10.1. The third kappa shape index (κ3) is 5.09. The molecule has 0 aliphatic heterocycles. The quantitative estimate of drug-likeness (QED) is 0.782. The van der Waals surface area contributed by atoms with Gasteiger partial charge in [-0.3, -0.25) is 4.79 Å². The highest BCUT2D eigenvalue weighted by Crippen LogP contribution is 2.05. The van der Waals surface area contributed by atoms with E-state index >= 15 is 0 Å². The van der Waals surface area contributed by atoms with Gasteiger partial charge >= 0.3 is 5.97 Å². The van der Waals surface area contributed by atoms with Crippen molar-refractivity contribution in [1.29, 1.82) is 0 Å². The zero-order chi connectivity index (χ0) is 14.3. The molecule has 0 spiro atoms. The maximum Gasteiger partial charge on any atom is 0.335 e. The van der Waals surface area contributed by atoms with Crippen LogP contribution in [0, 0.1) is 0 Å². The molecule has 1 aromatic rings. The van der Waals surface area contributed by atoms with Gasteiger partial charge in [-0.25, -0.2) is 4.79 Å². The minimum absolute atomic E-state index is 0.156. The molecule has 0 saturated carbocycles. The zero-order valence-electron chi connectivity index (χ0n) is 11.2. The van der Waals surface area contributed by atoms with Crippen LogP contribution in [0.3, 0.4) is 0 Å². The number of benzene rings is 1. The summed E-state index contributed by atoms with van der Waals surface area (Å²) in [6.07, 6.45) is 0.126. The van der Waals surface area contributed by atoms with Gasteiger partial charge in [-0.15, -0.1) is 0 Å². The van der Waals surface area contributed by atoms with Crippen molar-refractivity contribution in [2.75, 3.05) is 13.2 Å². The minimum Gasteiger partial charge on any atom is -0.478 e. The Morgan fingerprint density at radius 2 is 2.16 bits per heavy atom. The van der Waals surface area contributed by atoms with Gasteiger partial charge in [0.1, 0.15) is 6.10 Å². The molecule has 19 heavy (non-hydrogen) atoms. The lowest BCUT2D eigenvalue weighted by Crippen LogP contribution is -2.35. The first-order chi connectivity index (χ1) is 9.04. The van der Waals surface area contributed by atoms with Gasteiger partial charge in [0.05, 0.1) is 5.56 Å². The summed E-state index contributed by atoms with van der Waals surface area (Å²) < 4.78 is 5.17. The van der Waals surface area contributed by atoms with Crippen molar-refractivity contribution in [1.82, 2.24) is 5.32 Å². The molecule has 0 heterocycles. The number of carboxylic acid groups (broad SMARTS) is 1. The Balaban J connectivity index is 2.43. The average Bonchev–Trinajstić information content (AvgIpc) is 2.39. The van der Waals surface area contributed by atoms with Crippen LogP contribution in [0.15, 0.2) is 24.3 Å². The monoisotopic (exact) mass is 265 g/mol. The minimum atomic E-state index is -0.948. The fraction of sp³-hybridized carbons (Fsp3) is 0.429. The molecule has 0 radical (unpaired) electrons. The molecule has 0 aromatic heterocycles. The molecule has 104 valence electrons. The fourth-order valence-electron chi connectivity index (χ4n) is 1.66. The van der Waals surface area contributed by atoms with Gasteiger partial charge in [0.15, 0.2) is 0 Å². The second-order valence-corrected chi connectivity index (χ2v) is 4.14. The highest BCUT2D eigenvalue weighted by atomic mass is 16.5. The third-order valence-corrected chi connectivity index (χ3v) is 2.67. The first-order valence-corrected chi connectivity index (χ1v) is 6.26. The number of nitrogens with one attached hydrogen (secondary N) is 1. The second kappa shape index (κ2) is 7.53. The Morgan fingerprint density at radius 3 is 2.79 bits per heavy atom. The number of carbonyl (C=O) groups excluding carboxylic acids is 1. The maximum absolute atomic E-state index is 11.6. The van der Waals surface area contributed by atoms with Crippen LogP contribution in [0.25, 0.3) is 0 Å². The smallest absolute Gasteiger partial charge is 0.335 e. The number of aromatic carboxylic acids is 1. The van der Waals surface area contributed by atoms with Crippen LogP contribution in [0.5, 0.6) is 0 Å². The van der Waals surface area contributed by atoms with Crippen molar-refractivity contribution >= 4 is 11.9 Å². The van der Waals surface area contributed by atoms with Crippen molar-refractivity contribution < 1.29 is 19.4 Å². The van der Waals surface area contributed by atoms with Crippen LogP contribution in [0.1, 0.15) is 29.8 Å². The number of hydrogen-bond donors (Lipinski definition) is 2. The molecule has 0 bridgehead atoms. The van der Waals surface area contributed by atoms with Crippen LogP contribution < -0.4 is 5.32 Å². The highest BCUT2D eigenvalue weighted by molar-refractivity contribution is 5.87. The lowest BCUT2D eigenvalue weighted by molar-refractivity contribution is -0.131. The Kier molecular flexibility index (Phi) is 6.02. The first-order valence-electron chi connectivity index (χ1n) is 6.26. The molecule has 1 atom stereocenters. The molecule has 2 N–H and O–H groups in total. The molecule has 1 aromatic carbocycles. The van der Waals surface area contributed by atoms with E-state index < -0.39 is 12.1 Å². The Morgan fingerprint density at radius 1 is 1.42 bits per heavy atom. The number of carbonyl (C=O) groups is 2. The van der Waals surface area contributed by atoms with E-state index in [0.717, 1.165) is 5.56 Å². The van der Waals surface area contributed by atoms with E-state index in [1.54, 1.807) is 25.1 Å². The van der Waals surface area contributed by atoms with Gasteiger partial charge in [0.2, 0.25) is 5.91 Å². The number of ether oxygens (including phenoxy) is 1. The number of hydrogen-bond acceptors (Lipinski definition) is 3. The van der Waals surface area contributed by atoms with Gasteiger partial charge in [-0.2, -0.15) is 0 Å². The normalized spacial score (nSPS) is 11.9. The Labute approximate surface area is 112 Å². The molecule has 0 aliphatic rings. The second-order valence-electron chi connectivity index (χ2n) is 4.14. The summed E-state index contributed by atoms with van der Waals surface area (Å²) in [4.78, 5) is 22.4. The summed E-state index contributed by atoms with van der Waals surface area (Å²) in [7, 11) is 0. The molecular formula is C14H19NO4. The van der Waals surface area contributed by atoms with Gasteiger partial charge in [0.25, 0.3) is 0 Å². The van der Waals surface area contributed by atoms with Crippen LogP contribution in [0.4, 0.5) is 0 Å². The van der Waals surface area contributed by atoms with Crippen molar-refractivity contribution in [2.24, 2.45) is 0 Å². The summed E-state index contributed by atoms with van der Waals surface area (Å²) >= 11 is 0. The lowest BCUT2D eigenvalue weighted by Gasteiger charge is -2.12. The van der Waals surface area contributed by atoms with E-state index in [1.807, 2.05) is 13.0 Å². The Bertz CT molecular complexity index is 445.